The number of carbonyl (C=O) groups excluding carboxylic acids is 1. The van der Waals surface area contributed by atoms with Gasteiger partial charge in [-0.15, -0.1) is 0 Å². The fraction of sp³-hybridized carbons (Fsp3) is 0.964. The van der Waals surface area contributed by atoms with Crippen LogP contribution in [-0.4, -0.2) is 187 Å². The van der Waals surface area contributed by atoms with Crippen LogP contribution < -0.4 is 5.32 Å². The van der Waals surface area contributed by atoms with E-state index in [2.05, 4.69) is 0 Å². The summed E-state index contributed by atoms with van der Waals surface area (Å²) in [7, 11) is 0. The number of aliphatic hydroxyl groups excluding tert-OH is 9. The van der Waals surface area contributed by atoms with Gasteiger partial charge >= 0.3 is 35.5 Å². The number of amides is 1. The van der Waals surface area contributed by atoms with E-state index < -0.39 is 167 Å². The van der Waals surface area contributed by atoms with Crippen molar-refractivity contribution in [3.05, 3.63) is 0 Å². The number of rotatable bonds is 20. The molecule has 1 amide bonds. The molecule has 0 unspecified atom stereocenters. The van der Waals surface area contributed by atoms with E-state index in [0.717, 1.165) is 0 Å². The Kier molecular flexibility index (Phi) is 16.1. The lowest BCUT2D eigenvalue weighted by molar-refractivity contribution is -0.425. The van der Waals surface area contributed by atoms with Gasteiger partial charge in [0.2, 0.25) is 5.91 Å². The lowest BCUT2D eigenvalue weighted by atomic mass is 9.89. The summed E-state index contributed by atoms with van der Waals surface area (Å²) in [5.74, 6) is -44.3. The van der Waals surface area contributed by atoms with E-state index in [1.165, 1.54) is 0 Å². The Hall–Kier alpha value is -1.89. The molecule has 0 spiro atoms. The third-order valence-corrected chi connectivity index (χ3v) is 8.89. The second-order valence-corrected chi connectivity index (χ2v) is 12.9. The first-order valence-electron chi connectivity index (χ1n) is 16.0. The first-order valence-corrected chi connectivity index (χ1v) is 16.0. The average Bonchev–Trinajstić information content (AvgIpc) is 3.11. The summed E-state index contributed by atoms with van der Waals surface area (Å²) in [5.41, 5.74) is -2.49. The third-order valence-electron chi connectivity index (χ3n) is 8.89. The van der Waals surface area contributed by atoms with E-state index in [0.29, 0.717) is 0 Å². The smallest absolute Gasteiger partial charge is 0.384 e. The van der Waals surface area contributed by atoms with Gasteiger partial charge in [0.05, 0.1) is 33.0 Å². The van der Waals surface area contributed by atoms with Crippen LogP contribution in [-0.2, 0) is 23.7 Å². The molecular formula is C28H41F12NO14. The van der Waals surface area contributed by atoms with Crippen molar-refractivity contribution in [2.45, 2.75) is 135 Å². The topological polar surface area (TPSA) is 248 Å². The van der Waals surface area contributed by atoms with E-state index in [1.54, 1.807) is 0 Å². The molecule has 0 aliphatic carbocycles. The molecule has 0 aromatic rings. The van der Waals surface area contributed by atoms with Gasteiger partial charge in [0.25, 0.3) is 0 Å². The van der Waals surface area contributed by atoms with Crippen LogP contribution >= 0.6 is 0 Å². The molecular weight excluding hydrogens is 802 g/mol. The first-order chi connectivity index (χ1) is 25.0. The Morgan fingerprint density at radius 2 is 0.982 bits per heavy atom. The monoisotopic (exact) mass is 843 g/mol. The predicted octanol–water partition coefficient (Wildman–Crippen LogP) is -1.14. The van der Waals surface area contributed by atoms with Gasteiger partial charge in [0.1, 0.15) is 54.4 Å². The van der Waals surface area contributed by atoms with Crippen molar-refractivity contribution < 1.29 is 122 Å². The molecule has 10 atom stereocenters. The normalized spacial score (nSPS) is 30.7. The Morgan fingerprint density at radius 1 is 0.600 bits per heavy atom. The summed E-state index contributed by atoms with van der Waals surface area (Å²) < 4.78 is 189. The van der Waals surface area contributed by atoms with Crippen LogP contribution in [0.15, 0.2) is 0 Å². The van der Waals surface area contributed by atoms with Crippen molar-refractivity contribution in [1.29, 1.82) is 0 Å². The van der Waals surface area contributed by atoms with E-state index >= 15 is 0 Å². The molecule has 27 heteroatoms. The van der Waals surface area contributed by atoms with Crippen molar-refractivity contribution in [3.63, 3.8) is 0 Å². The van der Waals surface area contributed by atoms with Gasteiger partial charge in [-0.1, -0.05) is 6.92 Å². The highest BCUT2D eigenvalue weighted by atomic mass is 19.4. The highest BCUT2D eigenvalue weighted by Crippen LogP contribution is 2.61. The van der Waals surface area contributed by atoms with Gasteiger partial charge in [-0.3, -0.25) is 4.79 Å². The van der Waals surface area contributed by atoms with Gasteiger partial charge in [-0.2, -0.15) is 52.7 Å². The van der Waals surface area contributed by atoms with Crippen LogP contribution in [0.3, 0.4) is 0 Å². The Balaban J connectivity index is 2.30. The molecule has 2 aliphatic rings. The number of nitrogens with one attached hydrogen (secondary N) is 1. The molecule has 2 aliphatic heterocycles. The van der Waals surface area contributed by atoms with Crippen molar-refractivity contribution in [2.24, 2.45) is 0 Å². The molecule has 2 rings (SSSR count). The molecule has 326 valence electrons. The molecule has 55 heavy (non-hydrogen) atoms. The van der Waals surface area contributed by atoms with Gasteiger partial charge in [0.15, 0.2) is 12.6 Å². The number of carbonyl (C=O) groups is 1. The maximum atomic E-state index is 14.4. The summed E-state index contributed by atoms with van der Waals surface area (Å²) >= 11 is 0. The molecule has 2 heterocycles. The lowest BCUT2D eigenvalue weighted by Gasteiger charge is -2.43. The zero-order valence-electron chi connectivity index (χ0n) is 28.2. The molecule has 0 aromatic carbocycles. The summed E-state index contributed by atoms with van der Waals surface area (Å²) in [6.07, 6.45) is -27.5. The van der Waals surface area contributed by atoms with Crippen LogP contribution in [0.25, 0.3) is 0 Å². The van der Waals surface area contributed by atoms with Crippen molar-refractivity contribution in [2.75, 3.05) is 33.0 Å². The van der Waals surface area contributed by atoms with Gasteiger partial charge in [-0.05, 0) is 6.42 Å². The SMILES string of the molecule is CCC(F)(F)C(F)(F)C(F)(F)C(F)(F)C(F)(F)C(F)(F)CCCC(=O)NC(CO)(CO[C@@H]1O[C@H](CO)[C@@H](O)[C@H](O)[C@H]1O)CO[C@@H]1O[C@H](CO)[C@@H](O)[C@H](O)[C@H]1O. The quantitative estimate of drug-likeness (QED) is 0.0652. The fourth-order valence-electron chi connectivity index (χ4n) is 5.20. The first kappa shape index (κ1) is 49.3. The Labute approximate surface area is 302 Å². The van der Waals surface area contributed by atoms with E-state index in [1.807, 2.05) is 5.32 Å². The molecule has 0 radical (unpaired) electrons. The number of ether oxygens (including phenoxy) is 4. The fourth-order valence-corrected chi connectivity index (χ4v) is 5.20. The number of hydrogen-bond acceptors (Lipinski definition) is 14. The summed E-state index contributed by atoms with van der Waals surface area (Å²) in [4.78, 5) is 12.8. The van der Waals surface area contributed by atoms with Crippen LogP contribution in [0.5, 0.6) is 0 Å². The highest BCUT2D eigenvalue weighted by molar-refractivity contribution is 5.76. The number of alkyl halides is 12. The van der Waals surface area contributed by atoms with E-state index in [4.69, 9.17) is 18.9 Å². The van der Waals surface area contributed by atoms with E-state index in [9.17, 15) is 103 Å². The van der Waals surface area contributed by atoms with Crippen molar-refractivity contribution >= 4 is 5.91 Å². The average molecular weight is 844 g/mol. The summed E-state index contributed by atoms with van der Waals surface area (Å²) in [5, 5.41) is 91.3. The van der Waals surface area contributed by atoms with Gasteiger partial charge < -0.3 is 70.2 Å². The second-order valence-electron chi connectivity index (χ2n) is 12.9. The molecule has 2 fully saturated rings. The maximum Gasteiger partial charge on any atom is 0.384 e. The van der Waals surface area contributed by atoms with Gasteiger partial charge in [-0.25, -0.2) is 0 Å². The highest BCUT2D eigenvalue weighted by Gasteiger charge is 2.89. The minimum absolute atomic E-state index is 0.0917. The largest absolute Gasteiger partial charge is 0.394 e. The second kappa shape index (κ2) is 17.9. The number of halogens is 12. The summed E-state index contributed by atoms with van der Waals surface area (Å²) in [6.45, 7) is -5.61. The summed E-state index contributed by atoms with van der Waals surface area (Å²) in [6, 6.07) is 0. The molecule has 0 bridgehead atoms. The van der Waals surface area contributed by atoms with E-state index in [-0.39, 0.29) is 6.92 Å². The minimum atomic E-state index is -7.82. The van der Waals surface area contributed by atoms with Crippen molar-refractivity contribution in [1.82, 2.24) is 5.32 Å². The molecule has 0 aromatic heterocycles. The Bertz CT molecular complexity index is 1210. The van der Waals surface area contributed by atoms with Crippen LogP contribution in [0.1, 0.15) is 32.6 Å². The molecule has 2 saturated heterocycles. The van der Waals surface area contributed by atoms with Crippen molar-refractivity contribution in [3.8, 4) is 0 Å². The molecule has 15 nitrogen and oxygen atoms in total. The third kappa shape index (κ3) is 9.54. The molecule has 0 saturated carbocycles. The number of aliphatic hydroxyl groups is 9. The zero-order chi connectivity index (χ0) is 42.8. The predicted molar refractivity (Wildman–Crippen MR) is 151 cm³/mol. The molecule has 10 N–H and O–H groups in total. The van der Waals surface area contributed by atoms with Crippen LogP contribution in [0.4, 0.5) is 52.7 Å². The van der Waals surface area contributed by atoms with Gasteiger partial charge in [0, 0.05) is 19.3 Å². The maximum absolute atomic E-state index is 14.4. The minimum Gasteiger partial charge on any atom is -0.394 e. The Morgan fingerprint density at radius 3 is 1.33 bits per heavy atom. The zero-order valence-corrected chi connectivity index (χ0v) is 28.2. The standard InChI is InChI=1S/C28H41F12NO14/c1-2-23(29,30)25(33,34)27(37,38)28(39,40)26(35,36)24(31,32)5-3-4-13(45)41-22(8-44,9-52-20-18(50)16(48)14(46)11(6-42)54-20)10-53-21-19(51)17(49)15(47)12(7-43)55-21/h11-12,14-21,42-44,46-51H,2-10H2,1H3,(H,41,45)/t11-,12-,14-,15-,16+,17+,18-,19-,20-,21-/m1/s1. The van der Waals surface area contributed by atoms with Crippen LogP contribution in [0.2, 0.25) is 0 Å². The van der Waals surface area contributed by atoms with Crippen LogP contribution in [0, 0.1) is 0 Å². The number of hydrogen-bond donors (Lipinski definition) is 10. The lowest BCUT2D eigenvalue weighted by Crippen LogP contribution is -2.70.